The van der Waals surface area contributed by atoms with Crippen LogP contribution in [0.5, 0.6) is 0 Å². The van der Waals surface area contributed by atoms with Gasteiger partial charge in [0.2, 0.25) is 16.0 Å². The van der Waals surface area contributed by atoms with E-state index in [1.54, 1.807) is 34.8 Å². The van der Waals surface area contributed by atoms with E-state index in [2.05, 4.69) is 9.97 Å². The van der Waals surface area contributed by atoms with Crippen molar-refractivity contribution in [2.24, 2.45) is 0 Å². The highest BCUT2D eigenvalue weighted by Gasteiger charge is 2.34. The molecule has 0 bridgehead atoms. The van der Waals surface area contributed by atoms with Gasteiger partial charge in [0, 0.05) is 51.7 Å². The molecular formula is C22H23N5O3S2. The number of hydrogen-bond donors (Lipinski definition) is 0. The quantitative estimate of drug-likeness (QED) is 0.583. The SMILES string of the molecule is O=C(c1sccc1S(=O)(=O)N1CCc2ccccc2C1)N1CCN(c2ncccn2)CC1. The molecule has 32 heavy (non-hydrogen) atoms. The van der Waals surface area contributed by atoms with E-state index >= 15 is 0 Å². The van der Waals surface area contributed by atoms with Crippen molar-refractivity contribution >= 4 is 33.2 Å². The molecule has 0 radical (unpaired) electrons. The molecule has 1 amide bonds. The minimum absolute atomic E-state index is 0.112. The second kappa shape index (κ2) is 8.61. The number of sulfonamides is 1. The minimum Gasteiger partial charge on any atom is -0.337 e. The Labute approximate surface area is 191 Å². The second-order valence-corrected chi connectivity index (χ2v) is 10.6. The van der Waals surface area contributed by atoms with Crippen LogP contribution < -0.4 is 4.90 Å². The third-order valence-corrected chi connectivity index (χ3v) is 8.86. The van der Waals surface area contributed by atoms with Crippen LogP contribution in [0.2, 0.25) is 0 Å². The van der Waals surface area contributed by atoms with E-state index in [0.29, 0.717) is 51.6 Å². The number of benzene rings is 1. The number of piperazine rings is 1. The lowest BCUT2D eigenvalue weighted by atomic mass is 10.0. The van der Waals surface area contributed by atoms with Gasteiger partial charge in [0.1, 0.15) is 9.77 Å². The number of anilines is 1. The molecule has 1 fully saturated rings. The molecule has 1 aromatic carbocycles. The van der Waals surface area contributed by atoms with Gasteiger partial charge in [-0.2, -0.15) is 4.31 Å². The standard InChI is InChI=1S/C22H23N5O3S2/c28-21(25-11-13-26(14-12-25)22-23-8-3-9-24-22)20-19(7-15-31-20)32(29,30)27-10-6-17-4-1-2-5-18(17)16-27/h1-5,7-9,15H,6,10-14,16H2. The molecule has 0 N–H and O–H groups in total. The Balaban J connectivity index is 1.32. The van der Waals surface area contributed by atoms with Crippen molar-refractivity contribution in [1.82, 2.24) is 19.2 Å². The topological polar surface area (TPSA) is 86.7 Å². The average Bonchev–Trinajstić information content (AvgIpc) is 3.35. The van der Waals surface area contributed by atoms with Gasteiger partial charge in [0.05, 0.1) is 0 Å². The summed E-state index contributed by atoms with van der Waals surface area (Å²) in [5, 5.41) is 1.69. The highest BCUT2D eigenvalue weighted by atomic mass is 32.2. The van der Waals surface area contributed by atoms with Gasteiger partial charge < -0.3 is 9.80 Å². The van der Waals surface area contributed by atoms with Crippen LogP contribution in [-0.2, 0) is 23.0 Å². The number of carbonyl (C=O) groups excluding carboxylic acids is 1. The summed E-state index contributed by atoms with van der Waals surface area (Å²) >= 11 is 1.19. The Morgan fingerprint density at radius 2 is 1.62 bits per heavy atom. The molecule has 0 unspecified atom stereocenters. The number of amides is 1. The van der Waals surface area contributed by atoms with E-state index in [4.69, 9.17) is 0 Å². The third kappa shape index (κ3) is 3.89. The van der Waals surface area contributed by atoms with Gasteiger partial charge in [0.15, 0.2) is 0 Å². The summed E-state index contributed by atoms with van der Waals surface area (Å²) in [6, 6.07) is 11.2. The largest absolute Gasteiger partial charge is 0.337 e. The van der Waals surface area contributed by atoms with Crippen LogP contribution in [0.1, 0.15) is 20.8 Å². The molecular weight excluding hydrogens is 446 g/mol. The molecule has 2 aromatic heterocycles. The molecule has 5 rings (SSSR count). The van der Waals surface area contributed by atoms with Gasteiger partial charge in [0.25, 0.3) is 5.91 Å². The molecule has 10 heteroatoms. The van der Waals surface area contributed by atoms with E-state index in [0.717, 1.165) is 5.56 Å². The van der Waals surface area contributed by atoms with Crippen molar-refractivity contribution < 1.29 is 13.2 Å². The highest BCUT2D eigenvalue weighted by molar-refractivity contribution is 7.89. The molecule has 4 heterocycles. The van der Waals surface area contributed by atoms with Gasteiger partial charge >= 0.3 is 0 Å². The molecule has 8 nitrogen and oxygen atoms in total. The first-order chi connectivity index (χ1) is 15.5. The van der Waals surface area contributed by atoms with Crippen molar-refractivity contribution in [1.29, 1.82) is 0 Å². The van der Waals surface area contributed by atoms with E-state index in [1.165, 1.54) is 21.2 Å². The summed E-state index contributed by atoms with van der Waals surface area (Å²) in [6.07, 6.45) is 4.07. The van der Waals surface area contributed by atoms with Gasteiger partial charge in [-0.3, -0.25) is 4.79 Å². The zero-order valence-electron chi connectivity index (χ0n) is 17.4. The average molecular weight is 470 g/mol. The van der Waals surface area contributed by atoms with E-state index in [1.807, 2.05) is 29.2 Å². The van der Waals surface area contributed by atoms with Crippen molar-refractivity contribution in [2.75, 3.05) is 37.6 Å². The summed E-state index contributed by atoms with van der Waals surface area (Å²) in [6.45, 7) is 2.94. The number of aromatic nitrogens is 2. The Morgan fingerprint density at radius 3 is 2.38 bits per heavy atom. The fraction of sp³-hybridized carbons (Fsp3) is 0.318. The Kier molecular flexibility index (Phi) is 5.66. The molecule has 0 aliphatic carbocycles. The monoisotopic (exact) mass is 469 g/mol. The Bertz CT molecular complexity index is 1220. The molecule has 0 atom stereocenters. The van der Waals surface area contributed by atoms with Gasteiger partial charge in [-0.1, -0.05) is 24.3 Å². The molecule has 3 aromatic rings. The third-order valence-electron chi connectivity index (χ3n) is 5.94. The lowest BCUT2D eigenvalue weighted by Gasteiger charge is -2.34. The summed E-state index contributed by atoms with van der Waals surface area (Å²) < 4.78 is 28.4. The molecule has 1 saturated heterocycles. The van der Waals surface area contributed by atoms with E-state index in [9.17, 15) is 13.2 Å². The fourth-order valence-electron chi connectivity index (χ4n) is 4.18. The van der Waals surface area contributed by atoms with Crippen LogP contribution in [-0.4, -0.2) is 66.2 Å². The van der Waals surface area contributed by atoms with Crippen LogP contribution in [0.25, 0.3) is 0 Å². The fourth-order valence-corrected chi connectivity index (χ4v) is 6.96. The maximum absolute atomic E-state index is 13.4. The van der Waals surface area contributed by atoms with Crippen LogP contribution in [0.3, 0.4) is 0 Å². The molecule has 0 spiro atoms. The highest BCUT2D eigenvalue weighted by Crippen LogP contribution is 2.30. The van der Waals surface area contributed by atoms with Crippen molar-refractivity contribution in [3.8, 4) is 0 Å². The van der Waals surface area contributed by atoms with Crippen LogP contribution >= 0.6 is 11.3 Å². The summed E-state index contributed by atoms with van der Waals surface area (Å²) in [5.74, 6) is 0.411. The van der Waals surface area contributed by atoms with Gasteiger partial charge in [-0.25, -0.2) is 18.4 Å². The number of carbonyl (C=O) groups is 1. The predicted molar refractivity (Wildman–Crippen MR) is 122 cm³/mol. The summed E-state index contributed by atoms with van der Waals surface area (Å²) in [5.41, 5.74) is 2.20. The normalized spacial score (nSPS) is 17.2. The zero-order valence-corrected chi connectivity index (χ0v) is 19.1. The van der Waals surface area contributed by atoms with Gasteiger partial charge in [-0.05, 0) is 35.1 Å². The number of thiophene rings is 1. The molecule has 166 valence electrons. The number of fused-ring (bicyclic) bond motifs is 1. The van der Waals surface area contributed by atoms with E-state index in [-0.39, 0.29) is 15.7 Å². The van der Waals surface area contributed by atoms with Crippen LogP contribution in [0, 0.1) is 0 Å². The lowest BCUT2D eigenvalue weighted by Crippen LogP contribution is -2.49. The van der Waals surface area contributed by atoms with Gasteiger partial charge in [-0.15, -0.1) is 11.3 Å². The maximum atomic E-state index is 13.4. The number of rotatable bonds is 4. The molecule has 0 saturated carbocycles. The van der Waals surface area contributed by atoms with Crippen LogP contribution in [0.15, 0.2) is 59.1 Å². The van der Waals surface area contributed by atoms with Crippen molar-refractivity contribution in [2.45, 2.75) is 17.9 Å². The lowest BCUT2D eigenvalue weighted by molar-refractivity contribution is 0.0747. The first kappa shape index (κ1) is 21.0. The summed E-state index contributed by atoms with van der Waals surface area (Å²) in [7, 11) is -3.76. The minimum atomic E-state index is -3.76. The molecule has 2 aliphatic heterocycles. The van der Waals surface area contributed by atoms with E-state index < -0.39 is 10.0 Å². The Hall–Kier alpha value is -2.82. The molecule has 2 aliphatic rings. The Morgan fingerprint density at radius 1 is 0.906 bits per heavy atom. The first-order valence-electron chi connectivity index (χ1n) is 10.5. The summed E-state index contributed by atoms with van der Waals surface area (Å²) in [4.78, 5) is 25.9. The first-order valence-corrected chi connectivity index (χ1v) is 12.8. The zero-order chi connectivity index (χ0) is 22.1. The number of hydrogen-bond acceptors (Lipinski definition) is 7. The van der Waals surface area contributed by atoms with Crippen molar-refractivity contribution in [3.63, 3.8) is 0 Å². The maximum Gasteiger partial charge on any atom is 0.265 e. The number of nitrogens with zero attached hydrogens (tertiary/aromatic N) is 5. The predicted octanol–water partition coefficient (Wildman–Crippen LogP) is 2.25. The van der Waals surface area contributed by atoms with Crippen molar-refractivity contribution in [3.05, 3.63) is 70.2 Å². The second-order valence-electron chi connectivity index (χ2n) is 7.80. The smallest absolute Gasteiger partial charge is 0.265 e. The van der Waals surface area contributed by atoms with Crippen LogP contribution in [0.4, 0.5) is 5.95 Å².